The summed E-state index contributed by atoms with van der Waals surface area (Å²) in [5.41, 5.74) is 9.24. The fourth-order valence-corrected chi connectivity index (χ4v) is 3.44. The number of hydrogen-bond donors (Lipinski definition) is 2. The predicted molar refractivity (Wildman–Crippen MR) is 154 cm³/mol. The van der Waals surface area contributed by atoms with Crippen molar-refractivity contribution in [1.29, 1.82) is 0 Å². The van der Waals surface area contributed by atoms with Gasteiger partial charge in [0.25, 0.3) is 0 Å². The molecule has 0 bridgehead atoms. The van der Waals surface area contributed by atoms with Gasteiger partial charge in [-0.25, -0.2) is 4.98 Å². The van der Waals surface area contributed by atoms with Crippen LogP contribution in [0, 0.1) is 12.8 Å². The number of primary amides is 1. The Morgan fingerprint density at radius 1 is 1.03 bits per heavy atom. The third-order valence-corrected chi connectivity index (χ3v) is 5.90. The molecule has 1 aromatic heterocycles. The Bertz CT molecular complexity index is 1080. The summed E-state index contributed by atoms with van der Waals surface area (Å²) < 4.78 is 11.2. The Hall–Kier alpha value is -3.97. The largest absolute Gasteiger partial charge is 0.493 e. The molecule has 0 saturated heterocycles. The molecule has 1 aliphatic carbocycles. The SMILES string of the molecule is C=C.C=O.CC1CCC1.COc1cc(CNCCc2ccc(C)cc2)ccc1Oc1ccc(C(N)=O)cn1. The summed E-state index contributed by atoms with van der Waals surface area (Å²) in [6.45, 7) is 14.0. The first kappa shape index (κ1) is 32.1. The second-order valence-electron chi connectivity index (χ2n) is 8.79. The van der Waals surface area contributed by atoms with Crippen LogP contribution in [-0.2, 0) is 17.8 Å². The molecule has 2 aromatic carbocycles. The van der Waals surface area contributed by atoms with E-state index < -0.39 is 5.91 Å². The maximum Gasteiger partial charge on any atom is 0.250 e. The summed E-state index contributed by atoms with van der Waals surface area (Å²) >= 11 is 0. The van der Waals surface area contributed by atoms with Crippen molar-refractivity contribution in [3.05, 3.63) is 96.2 Å². The fraction of sp³-hybridized carbons (Fsp3) is 0.323. The Labute approximate surface area is 227 Å². The lowest BCUT2D eigenvalue weighted by atomic mass is 9.88. The van der Waals surface area contributed by atoms with E-state index in [0.717, 1.165) is 31.0 Å². The number of hydrogen-bond acceptors (Lipinski definition) is 6. The highest BCUT2D eigenvalue weighted by Gasteiger charge is 2.10. The maximum absolute atomic E-state index is 11.1. The van der Waals surface area contributed by atoms with Crippen molar-refractivity contribution < 1.29 is 19.1 Å². The molecule has 0 aliphatic heterocycles. The van der Waals surface area contributed by atoms with Gasteiger partial charge in [-0.2, -0.15) is 0 Å². The van der Waals surface area contributed by atoms with E-state index in [4.69, 9.17) is 20.0 Å². The summed E-state index contributed by atoms with van der Waals surface area (Å²) in [4.78, 5) is 23.2. The van der Waals surface area contributed by atoms with E-state index in [-0.39, 0.29) is 0 Å². The van der Waals surface area contributed by atoms with Gasteiger partial charge in [-0.15, -0.1) is 13.2 Å². The highest BCUT2D eigenvalue weighted by Crippen LogP contribution is 2.31. The number of carbonyl (C=O) groups is 2. The molecule has 3 N–H and O–H groups in total. The van der Waals surface area contributed by atoms with Crippen molar-refractivity contribution in [2.24, 2.45) is 11.7 Å². The molecule has 38 heavy (non-hydrogen) atoms. The van der Waals surface area contributed by atoms with Crippen LogP contribution in [0.3, 0.4) is 0 Å². The number of rotatable bonds is 9. The molecule has 1 aliphatic rings. The second-order valence-corrected chi connectivity index (χ2v) is 8.79. The summed E-state index contributed by atoms with van der Waals surface area (Å²) in [7, 11) is 1.60. The van der Waals surface area contributed by atoms with Crippen molar-refractivity contribution in [3.63, 3.8) is 0 Å². The lowest BCUT2D eigenvalue weighted by molar-refractivity contribution is -0.0980. The Balaban J connectivity index is 0.000000694. The van der Waals surface area contributed by atoms with Crippen LogP contribution in [0.15, 0.2) is 74.0 Å². The van der Waals surface area contributed by atoms with E-state index >= 15 is 0 Å². The van der Waals surface area contributed by atoms with Crippen LogP contribution in [0.2, 0.25) is 0 Å². The Morgan fingerprint density at radius 2 is 1.66 bits per heavy atom. The maximum atomic E-state index is 11.1. The lowest BCUT2D eigenvalue weighted by Crippen LogP contribution is -2.16. The van der Waals surface area contributed by atoms with Gasteiger partial charge in [0.1, 0.15) is 6.79 Å². The molecule has 0 spiro atoms. The molecule has 3 aromatic rings. The number of carbonyl (C=O) groups excluding carboxylic acids is 2. The number of nitrogens with two attached hydrogens (primary N) is 1. The molecule has 7 heteroatoms. The highest BCUT2D eigenvalue weighted by molar-refractivity contribution is 5.92. The molecule has 4 rings (SSSR count). The zero-order valence-corrected chi connectivity index (χ0v) is 22.9. The number of pyridine rings is 1. The number of nitrogens with one attached hydrogen (secondary N) is 1. The van der Waals surface area contributed by atoms with Crippen molar-refractivity contribution in [1.82, 2.24) is 10.3 Å². The fourth-order valence-electron chi connectivity index (χ4n) is 3.44. The first-order chi connectivity index (χ1) is 18.4. The van der Waals surface area contributed by atoms with E-state index in [9.17, 15) is 4.79 Å². The van der Waals surface area contributed by atoms with Crippen LogP contribution in [0.4, 0.5) is 0 Å². The minimum absolute atomic E-state index is 0.330. The minimum Gasteiger partial charge on any atom is -0.493 e. The van der Waals surface area contributed by atoms with Gasteiger partial charge in [0.2, 0.25) is 11.8 Å². The molecule has 0 atom stereocenters. The third kappa shape index (κ3) is 11.4. The van der Waals surface area contributed by atoms with Crippen molar-refractivity contribution in [2.75, 3.05) is 13.7 Å². The van der Waals surface area contributed by atoms with Crippen LogP contribution in [0.25, 0.3) is 0 Å². The molecule has 0 unspecified atom stereocenters. The number of nitrogens with zero attached hydrogens (tertiary/aromatic N) is 1. The molecule has 1 heterocycles. The summed E-state index contributed by atoms with van der Waals surface area (Å²) in [5, 5.41) is 3.45. The molecule has 1 fully saturated rings. The monoisotopic (exact) mass is 519 g/mol. The van der Waals surface area contributed by atoms with Crippen LogP contribution in [0.5, 0.6) is 17.4 Å². The Kier molecular flexibility index (Phi) is 15.4. The van der Waals surface area contributed by atoms with Crippen LogP contribution in [0.1, 0.15) is 53.2 Å². The standard InChI is InChI=1S/C23H25N3O3.C5H10.C2H4.CH2O/c1-16-3-5-17(6-4-16)11-12-25-14-18-7-9-20(21(13-18)28-2)29-22-10-8-19(15-26-22)23(24)27;1-5-3-2-4-5;2*1-2/h3-10,13,15,25H,11-12,14H2,1-2H3,(H2,24,27);5H,2-4H2,1H3;1-2H2;1H2. The van der Waals surface area contributed by atoms with Crippen LogP contribution in [-0.4, -0.2) is 31.3 Å². The summed E-state index contributed by atoms with van der Waals surface area (Å²) in [6.07, 6.45) is 6.82. The molecule has 1 saturated carbocycles. The number of aryl methyl sites for hydroxylation is 1. The van der Waals surface area contributed by atoms with Crippen molar-refractivity contribution >= 4 is 12.7 Å². The van der Waals surface area contributed by atoms with Crippen LogP contribution < -0.4 is 20.5 Å². The van der Waals surface area contributed by atoms with Gasteiger partial charge in [-0.05, 0) is 55.1 Å². The van der Waals surface area contributed by atoms with Gasteiger partial charge in [0, 0.05) is 18.8 Å². The second kappa shape index (κ2) is 18.3. The van der Waals surface area contributed by atoms with Gasteiger partial charge in [-0.3, -0.25) is 4.79 Å². The highest BCUT2D eigenvalue weighted by atomic mass is 16.5. The first-order valence-electron chi connectivity index (χ1n) is 12.6. The number of amides is 1. The van der Waals surface area contributed by atoms with E-state index in [1.54, 1.807) is 19.2 Å². The zero-order chi connectivity index (χ0) is 28.3. The predicted octanol–water partition coefficient (Wildman–Crippen LogP) is 6.05. The van der Waals surface area contributed by atoms with E-state index in [1.165, 1.54) is 36.6 Å². The molecule has 7 nitrogen and oxygen atoms in total. The molecule has 0 radical (unpaired) electrons. The lowest BCUT2D eigenvalue weighted by Gasteiger charge is -2.18. The average molecular weight is 520 g/mol. The van der Waals surface area contributed by atoms with Gasteiger partial charge < -0.3 is 25.3 Å². The number of benzene rings is 2. The quantitative estimate of drug-likeness (QED) is 0.264. The van der Waals surface area contributed by atoms with Gasteiger partial charge in [0.15, 0.2) is 11.5 Å². The smallest absolute Gasteiger partial charge is 0.250 e. The van der Waals surface area contributed by atoms with Crippen LogP contribution >= 0.6 is 0 Å². The summed E-state index contributed by atoms with van der Waals surface area (Å²) in [5.74, 6) is 2.06. The van der Waals surface area contributed by atoms with E-state index in [1.807, 2.05) is 25.0 Å². The van der Waals surface area contributed by atoms with Crippen molar-refractivity contribution in [3.8, 4) is 17.4 Å². The molecular weight excluding hydrogens is 478 g/mol. The molecule has 1 amide bonds. The minimum atomic E-state index is -0.527. The Morgan fingerprint density at radius 3 is 2.16 bits per heavy atom. The third-order valence-electron chi connectivity index (χ3n) is 5.90. The number of methoxy groups -OCH3 is 1. The van der Waals surface area contributed by atoms with Gasteiger partial charge >= 0.3 is 0 Å². The topological polar surface area (TPSA) is 104 Å². The first-order valence-corrected chi connectivity index (χ1v) is 12.6. The van der Waals surface area contributed by atoms with Gasteiger partial charge in [0.05, 0.1) is 12.7 Å². The number of ether oxygens (including phenoxy) is 2. The van der Waals surface area contributed by atoms with Crippen molar-refractivity contribution in [2.45, 2.75) is 46.1 Å². The molecule has 204 valence electrons. The van der Waals surface area contributed by atoms with E-state index in [0.29, 0.717) is 22.9 Å². The summed E-state index contributed by atoms with van der Waals surface area (Å²) in [6, 6.07) is 17.5. The van der Waals surface area contributed by atoms with Gasteiger partial charge in [-0.1, -0.05) is 62.1 Å². The zero-order valence-electron chi connectivity index (χ0n) is 22.9. The van der Waals surface area contributed by atoms with E-state index in [2.05, 4.69) is 61.6 Å². The average Bonchev–Trinajstić information content (AvgIpc) is 2.94. The molecular formula is C31H41N3O4. The normalized spacial score (nSPS) is 11.7. The number of aromatic nitrogens is 1.